The lowest BCUT2D eigenvalue weighted by Crippen LogP contribution is -2.56. The number of piperidine rings is 2. The van der Waals surface area contributed by atoms with E-state index in [0.717, 1.165) is 6.42 Å². The zero-order chi connectivity index (χ0) is 22.5. The van der Waals surface area contributed by atoms with Crippen molar-refractivity contribution in [2.45, 2.75) is 50.6 Å². The van der Waals surface area contributed by atoms with Crippen LogP contribution in [-0.4, -0.2) is 76.2 Å². The van der Waals surface area contributed by atoms with Crippen LogP contribution in [0.3, 0.4) is 0 Å². The highest BCUT2D eigenvalue weighted by Crippen LogP contribution is 2.40. The summed E-state index contributed by atoms with van der Waals surface area (Å²) in [5.41, 5.74) is -0.283. The predicted octanol–water partition coefficient (Wildman–Crippen LogP) is 1.86. The second-order valence-corrected chi connectivity index (χ2v) is 9.72. The Morgan fingerprint density at radius 2 is 1.59 bits per heavy atom. The first kappa shape index (κ1) is 21.0. The Morgan fingerprint density at radius 3 is 2.19 bits per heavy atom. The Morgan fingerprint density at radius 1 is 0.969 bits per heavy atom. The molecule has 1 saturated carbocycles. The molecule has 1 N–H and O–H groups in total. The Balaban J connectivity index is 1.19. The van der Waals surface area contributed by atoms with E-state index in [4.69, 9.17) is 0 Å². The van der Waals surface area contributed by atoms with Gasteiger partial charge in [0.05, 0.1) is 0 Å². The van der Waals surface area contributed by atoms with Crippen LogP contribution in [-0.2, 0) is 9.59 Å². The van der Waals surface area contributed by atoms with E-state index in [1.165, 1.54) is 4.90 Å². The van der Waals surface area contributed by atoms with Gasteiger partial charge in [0, 0.05) is 43.7 Å². The van der Waals surface area contributed by atoms with Crippen molar-refractivity contribution in [3.63, 3.8) is 0 Å². The molecule has 0 aromatic heterocycles. The maximum Gasteiger partial charge on any atom is 0.325 e. The van der Waals surface area contributed by atoms with Crippen molar-refractivity contribution >= 4 is 23.8 Å². The molecule has 32 heavy (non-hydrogen) atoms. The van der Waals surface area contributed by atoms with Gasteiger partial charge in [-0.15, -0.1) is 0 Å². The van der Waals surface area contributed by atoms with Crippen LogP contribution in [0, 0.1) is 11.8 Å². The Hall–Kier alpha value is -2.90. The molecule has 8 nitrogen and oxygen atoms in total. The summed E-state index contributed by atoms with van der Waals surface area (Å²) in [5, 5.41) is 2.95. The van der Waals surface area contributed by atoms with Gasteiger partial charge >= 0.3 is 6.03 Å². The van der Waals surface area contributed by atoms with Gasteiger partial charge in [-0.3, -0.25) is 19.3 Å². The topological polar surface area (TPSA) is 90.0 Å². The molecule has 3 saturated heterocycles. The first-order chi connectivity index (χ1) is 15.4. The number of hydrogen-bond donors (Lipinski definition) is 1. The SMILES string of the molecule is C[C@H]1C[C@@H]1C(=O)N1CCC(N2C(=O)NC3(CCN(C(=O)c4ccccc4)CC3)C2=O)CC1. The summed E-state index contributed by atoms with van der Waals surface area (Å²) in [7, 11) is 0. The van der Waals surface area contributed by atoms with Gasteiger partial charge in [-0.1, -0.05) is 25.1 Å². The van der Waals surface area contributed by atoms with Crippen molar-refractivity contribution in [3.8, 4) is 0 Å². The highest BCUT2D eigenvalue weighted by atomic mass is 16.2. The number of hydrogen-bond acceptors (Lipinski definition) is 4. The number of carbonyl (C=O) groups is 4. The summed E-state index contributed by atoms with van der Waals surface area (Å²) in [6.07, 6.45) is 3.06. The van der Waals surface area contributed by atoms with Gasteiger partial charge in [0.2, 0.25) is 5.91 Å². The molecule has 4 aliphatic rings. The van der Waals surface area contributed by atoms with Crippen LogP contribution in [0.25, 0.3) is 0 Å². The van der Waals surface area contributed by atoms with Crippen molar-refractivity contribution in [3.05, 3.63) is 35.9 Å². The summed E-state index contributed by atoms with van der Waals surface area (Å²) in [6.45, 7) is 4.15. The summed E-state index contributed by atoms with van der Waals surface area (Å²) >= 11 is 0. The molecule has 170 valence electrons. The number of urea groups is 1. The third kappa shape index (κ3) is 3.55. The van der Waals surface area contributed by atoms with Crippen LogP contribution in [0.2, 0.25) is 0 Å². The van der Waals surface area contributed by atoms with Crippen LogP contribution < -0.4 is 5.32 Å². The van der Waals surface area contributed by atoms with E-state index in [1.807, 2.05) is 23.1 Å². The smallest absolute Gasteiger partial charge is 0.325 e. The molecule has 4 fully saturated rings. The van der Waals surface area contributed by atoms with Gasteiger partial charge in [-0.05, 0) is 50.2 Å². The molecule has 1 aromatic carbocycles. The molecule has 2 atom stereocenters. The third-order valence-electron chi connectivity index (χ3n) is 7.69. The third-order valence-corrected chi connectivity index (χ3v) is 7.69. The lowest BCUT2D eigenvalue weighted by atomic mass is 9.86. The molecule has 5 rings (SSSR count). The Labute approximate surface area is 187 Å². The van der Waals surface area contributed by atoms with Crippen LogP contribution in [0.4, 0.5) is 4.79 Å². The second kappa shape index (κ2) is 7.90. The van der Waals surface area contributed by atoms with Crippen LogP contribution in [0.15, 0.2) is 30.3 Å². The Kier molecular flexibility index (Phi) is 5.18. The van der Waals surface area contributed by atoms with Gasteiger partial charge in [0.1, 0.15) is 5.54 Å². The molecule has 3 heterocycles. The Bertz CT molecular complexity index is 933. The largest absolute Gasteiger partial charge is 0.342 e. The van der Waals surface area contributed by atoms with Crippen LogP contribution in [0.1, 0.15) is 49.4 Å². The maximum atomic E-state index is 13.4. The minimum absolute atomic E-state index is 0.0453. The molecular weight excluding hydrogens is 408 g/mol. The van der Waals surface area contributed by atoms with Crippen molar-refractivity contribution in [1.82, 2.24) is 20.0 Å². The van der Waals surface area contributed by atoms with Crippen LogP contribution in [0.5, 0.6) is 0 Å². The van der Waals surface area contributed by atoms with Gasteiger partial charge in [0.25, 0.3) is 11.8 Å². The van der Waals surface area contributed by atoms with Gasteiger partial charge in [0.15, 0.2) is 0 Å². The summed E-state index contributed by atoms with van der Waals surface area (Å²) in [6, 6.07) is 8.61. The lowest BCUT2D eigenvalue weighted by Gasteiger charge is -2.39. The fourth-order valence-electron chi connectivity index (χ4n) is 5.41. The van der Waals surface area contributed by atoms with E-state index >= 15 is 0 Å². The number of benzene rings is 1. The molecule has 0 unspecified atom stereocenters. The van der Waals surface area contributed by atoms with Crippen molar-refractivity contribution in [1.29, 1.82) is 0 Å². The number of imide groups is 1. The first-order valence-electron chi connectivity index (χ1n) is 11.7. The van der Waals surface area contributed by atoms with Crippen molar-refractivity contribution in [2.24, 2.45) is 11.8 Å². The van der Waals surface area contributed by atoms with E-state index in [9.17, 15) is 19.2 Å². The number of carbonyl (C=O) groups excluding carboxylic acids is 4. The molecule has 1 aromatic rings. The quantitative estimate of drug-likeness (QED) is 0.730. The number of rotatable bonds is 3. The maximum absolute atomic E-state index is 13.4. The highest BCUT2D eigenvalue weighted by molar-refractivity contribution is 6.07. The average molecular weight is 439 g/mol. The van der Waals surface area contributed by atoms with Crippen molar-refractivity contribution in [2.75, 3.05) is 26.2 Å². The molecule has 1 aliphatic carbocycles. The molecule has 5 amide bonds. The van der Waals surface area contributed by atoms with E-state index in [2.05, 4.69) is 12.2 Å². The zero-order valence-electron chi connectivity index (χ0n) is 18.5. The standard InChI is InChI=1S/C24H30N4O4/c1-16-15-19(16)21(30)26-11-7-18(8-12-26)28-22(31)24(25-23(28)32)9-13-27(14-10-24)20(29)17-5-3-2-4-6-17/h2-6,16,18-19H,7-15H2,1H3,(H,25,32)/t16-,19-/m0/s1. The fourth-order valence-corrected chi connectivity index (χ4v) is 5.41. The fraction of sp³-hybridized carbons (Fsp3) is 0.583. The summed E-state index contributed by atoms with van der Waals surface area (Å²) in [5.74, 6) is 0.645. The van der Waals surface area contributed by atoms with Crippen molar-refractivity contribution < 1.29 is 19.2 Å². The van der Waals surface area contributed by atoms with E-state index in [-0.39, 0.29) is 35.7 Å². The second-order valence-electron chi connectivity index (χ2n) is 9.72. The molecule has 8 heteroatoms. The first-order valence-corrected chi connectivity index (χ1v) is 11.7. The normalized spacial score (nSPS) is 27.6. The molecule has 1 spiro atoms. The van der Waals surface area contributed by atoms with Gasteiger partial charge in [-0.2, -0.15) is 0 Å². The number of nitrogens with one attached hydrogen (secondary N) is 1. The average Bonchev–Trinajstić information content (AvgIpc) is 3.50. The zero-order valence-corrected chi connectivity index (χ0v) is 18.5. The van der Waals surface area contributed by atoms with E-state index in [0.29, 0.717) is 63.3 Å². The molecule has 0 bridgehead atoms. The monoisotopic (exact) mass is 438 g/mol. The number of likely N-dealkylation sites (tertiary alicyclic amines) is 2. The lowest BCUT2D eigenvalue weighted by molar-refractivity contribution is -0.137. The van der Waals surface area contributed by atoms with E-state index < -0.39 is 5.54 Å². The van der Waals surface area contributed by atoms with Gasteiger partial charge < -0.3 is 15.1 Å². The minimum Gasteiger partial charge on any atom is -0.342 e. The molecule has 3 aliphatic heterocycles. The minimum atomic E-state index is -0.916. The summed E-state index contributed by atoms with van der Waals surface area (Å²) < 4.78 is 0. The number of amides is 5. The highest BCUT2D eigenvalue weighted by Gasteiger charge is 2.55. The summed E-state index contributed by atoms with van der Waals surface area (Å²) in [4.78, 5) is 56.4. The molecule has 0 radical (unpaired) electrons. The molecular formula is C24H30N4O4. The van der Waals surface area contributed by atoms with E-state index in [1.54, 1.807) is 17.0 Å². The number of nitrogens with zero attached hydrogens (tertiary/aromatic N) is 3. The van der Waals surface area contributed by atoms with Crippen LogP contribution >= 0.6 is 0 Å². The predicted molar refractivity (Wildman–Crippen MR) is 117 cm³/mol. The van der Waals surface area contributed by atoms with Gasteiger partial charge in [-0.25, -0.2) is 4.79 Å².